The van der Waals surface area contributed by atoms with E-state index >= 15 is 0 Å². The Kier molecular flexibility index (Phi) is 10.3. The Morgan fingerprint density at radius 3 is 2.07 bits per heavy atom. The molecule has 1 heterocycles. The van der Waals surface area contributed by atoms with Gasteiger partial charge in [-0.25, -0.2) is 0 Å². The average Bonchev–Trinajstić information content (AvgIpc) is 2.20. The van der Waals surface area contributed by atoms with Gasteiger partial charge in [0.2, 0.25) is 0 Å². The third kappa shape index (κ3) is 10.2. The van der Waals surface area contributed by atoms with Gasteiger partial charge in [0.15, 0.2) is 0 Å². The minimum Gasteiger partial charge on any atom is -0.379 e. The van der Waals surface area contributed by atoms with Crippen molar-refractivity contribution in [2.45, 2.75) is 27.7 Å². The first kappa shape index (κ1) is 14.9. The molecule has 0 bridgehead atoms. The molecule has 0 unspecified atom stereocenters. The predicted molar refractivity (Wildman–Crippen MR) is 68.4 cm³/mol. The van der Waals surface area contributed by atoms with Gasteiger partial charge in [-0.15, -0.1) is 0 Å². The normalized spacial score (nSPS) is 17.4. The van der Waals surface area contributed by atoms with Crippen molar-refractivity contribution < 1.29 is 6.16 Å². The van der Waals surface area contributed by atoms with Crippen LogP contribution >= 0.6 is 0 Å². The van der Waals surface area contributed by atoms with Crippen molar-refractivity contribution in [2.75, 3.05) is 45.9 Å². The van der Waals surface area contributed by atoms with Gasteiger partial charge in [-0.2, -0.15) is 0 Å². The summed E-state index contributed by atoms with van der Waals surface area (Å²) in [5.41, 5.74) is 0. The molecule has 1 aliphatic rings. The van der Waals surface area contributed by atoms with Gasteiger partial charge in [0.1, 0.15) is 0 Å². The van der Waals surface area contributed by atoms with Crippen LogP contribution in [0.25, 0.3) is 0 Å². The number of ether oxygens (including phenoxy) is 1. The number of hydrogen-bond donors (Lipinski definition) is 1. The first-order valence-electron chi connectivity index (χ1n) is 6.21. The highest BCUT2D eigenvalue weighted by Crippen LogP contribution is 2.01. The van der Waals surface area contributed by atoms with Crippen LogP contribution in [0.15, 0.2) is 0 Å². The maximum atomic E-state index is 5.24. The maximum absolute atomic E-state index is 5.24. The van der Waals surface area contributed by atoms with Gasteiger partial charge in [-0.1, -0.05) is 27.7 Å². The maximum Gasteiger partial charge on any atom is 0.0594 e. The predicted octanol–water partition coefficient (Wildman–Crippen LogP) is 1.84. The fraction of sp³-hybridized carbons (Fsp3) is 1.00. The molecule has 0 aromatic heterocycles. The van der Waals surface area contributed by atoms with Crippen LogP contribution < -0.4 is 5.32 Å². The molecule has 1 fully saturated rings. The van der Waals surface area contributed by atoms with Crippen molar-refractivity contribution >= 4 is 0 Å². The molecule has 0 radical (unpaired) electrons. The lowest BCUT2D eigenvalue weighted by Crippen LogP contribution is -2.38. The lowest BCUT2D eigenvalue weighted by molar-refractivity contribution is 0.0329. The smallest absolute Gasteiger partial charge is 0.0594 e. The molecule has 0 amide bonds. The highest BCUT2D eigenvalue weighted by molar-refractivity contribution is 4.62. The van der Waals surface area contributed by atoms with Crippen molar-refractivity contribution in [3.05, 3.63) is 0 Å². The number of nitrogens with one attached hydrogen (secondary N) is 1. The number of morpholine rings is 1. The quantitative estimate of drug-likeness (QED) is 0.779. The van der Waals surface area contributed by atoms with Crippen LogP contribution in [0.5, 0.6) is 0 Å². The fourth-order valence-corrected chi connectivity index (χ4v) is 1.55. The minimum absolute atomic E-state index is 0. The second-order valence-corrected chi connectivity index (χ2v) is 4.26. The molecule has 1 N–H and O–H groups in total. The summed E-state index contributed by atoms with van der Waals surface area (Å²) < 4.78 is 5.24. The van der Waals surface area contributed by atoms with Crippen LogP contribution in [-0.2, 0) is 4.74 Å². The Morgan fingerprint density at radius 1 is 1.20 bits per heavy atom. The Bertz CT molecular complexity index is 126. The number of rotatable bonds is 4. The van der Waals surface area contributed by atoms with Crippen molar-refractivity contribution in [3.8, 4) is 0 Å². The fourth-order valence-electron chi connectivity index (χ4n) is 1.55. The van der Waals surface area contributed by atoms with Crippen LogP contribution in [0.3, 0.4) is 0 Å². The van der Waals surface area contributed by atoms with Gasteiger partial charge in [-0.05, 0) is 19.0 Å². The van der Waals surface area contributed by atoms with Crippen LogP contribution in [0, 0.1) is 5.92 Å². The molecule has 0 aromatic rings. The van der Waals surface area contributed by atoms with Crippen LogP contribution in [0.4, 0.5) is 0 Å². The number of hydrogen-bond acceptors (Lipinski definition) is 3. The third-order valence-corrected chi connectivity index (χ3v) is 2.23. The van der Waals surface area contributed by atoms with E-state index in [1.54, 1.807) is 0 Å². The van der Waals surface area contributed by atoms with E-state index in [2.05, 4.69) is 37.9 Å². The van der Waals surface area contributed by atoms with E-state index in [0.29, 0.717) is 0 Å². The van der Waals surface area contributed by atoms with Gasteiger partial charge in [0, 0.05) is 21.1 Å². The van der Waals surface area contributed by atoms with Crippen molar-refractivity contribution in [3.63, 3.8) is 0 Å². The summed E-state index contributed by atoms with van der Waals surface area (Å²) in [5.74, 6) is 0.790. The Hall–Kier alpha value is -0.120. The Morgan fingerprint density at radius 2 is 1.73 bits per heavy atom. The molecule has 0 spiro atoms. The van der Waals surface area contributed by atoms with Gasteiger partial charge < -0.3 is 10.1 Å². The lowest BCUT2D eigenvalue weighted by Gasteiger charge is -2.27. The summed E-state index contributed by atoms with van der Waals surface area (Å²) in [4.78, 5) is 2.47. The second-order valence-electron chi connectivity index (χ2n) is 4.26. The third-order valence-electron chi connectivity index (χ3n) is 2.23. The second kappa shape index (κ2) is 10.4. The largest absolute Gasteiger partial charge is 0.379 e. The summed E-state index contributed by atoms with van der Waals surface area (Å²) in [6.07, 6.45) is 0. The lowest BCUT2D eigenvalue weighted by atomic mass is 10.2. The van der Waals surface area contributed by atoms with E-state index in [9.17, 15) is 0 Å². The van der Waals surface area contributed by atoms with E-state index in [-0.39, 0.29) is 1.43 Å². The van der Waals surface area contributed by atoms with E-state index in [4.69, 9.17) is 4.74 Å². The van der Waals surface area contributed by atoms with E-state index in [1.807, 2.05) is 0 Å². The summed E-state index contributed by atoms with van der Waals surface area (Å²) in [6.45, 7) is 16.2. The molecule has 3 heteroatoms. The summed E-state index contributed by atoms with van der Waals surface area (Å²) in [6, 6.07) is 0. The van der Waals surface area contributed by atoms with Gasteiger partial charge in [0.25, 0.3) is 0 Å². The average molecular weight is 218 g/mol. The van der Waals surface area contributed by atoms with Gasteiger partial charge >= 0.3 is 0 Å². The van der Waals surface area contributed by atoms with E-state index in [0.717, 1.165) is 45.3 Å². The van der Waals surface area contributed by atoms with Crippen LogP contribution in [-0.4, -0.2) is 50.8 Å². The molecule has 94 valence electrons. The molecule has 0 aliphatic carbocycles. The van der Waals surface area contributed by atoms with Crippen LogP contribution in [0.1, 0.15) is 29.1 Å². The van der Waals surface area contributed by atoms with Crippen molar-refractivity contribution in [1.82, 2.24) is 10.2 Å². The first-order valence-corrected chi connectivity index (χ1v) is 6.21. The zero-order chi connectivity index (χ0) is 11.5. The van der Waals surface area contributed by atoms with Gasteiger partial charge in [-0.3, -0.25) is 4.90 Å². The first-order chi connectivity index (χ1) is 7.20. The summed E-state index contributed by atoms with van der Waals surface area (Å²) >= 11 is 0. The number of nitrogens with zero attached hydrogens (tertiary/aromatic N) is 1. The zero-order valence-corrected chi connectivity index (χ0v) is 10.9. The highest BCUT2D eigenvalue weighted by Gasteiger charge is 2.10. The molecule has 0 atom stereocenters. The van der Waals surface area contributed by atoms with Gasteiger partial charge in [0.05, 0.1) is 13.2 Å². The van der Waals surface area contributed by atoms with E-state index < -0.39 is 0 Å². The molecular formula is C12H30N2O. The zero-order valence-electron chi connectivity index (χ0n) is 10.9. The SMILES string of the molecule is CC(C)CN1CCOCC1.CCNCC.[HH]. The molecule has 1 rings (SSSR count). The highest BCUT2D eigenvalue weighted by atomic mass is 16.5. The van der Waals surface area contributed by atoms with Crippen molar-refractivity contribution in [1.29, 1.82) is 0 Å². The Balaban J connectivity index is 0. The molecule has 1 aliphatic heterocycles. The summed E-state index contributed by atoms with van der Waals surface area (Å²) in [7, 11) is 0. The molecular weight excluding hydrogens is 188 g/mol. The Labute approximate surface area is 96.7 Å². The van der Waals surface area contributed by atoms with E-state index in [1.165, 1.54) is 6.54 Å². The van der Waals surface area contributed by atoms with Crippen LogP contribution in [0.2, 0.25) is 0 Å². The topological polar surface area (TPSA) is 24.5 Å². The minimum atomic E-state index is 0. The van der Waals surface area contributed by atoms with Crippen molar-refractivity contribution in [2.24, 2.45) is 5.92 Å². The standard InChI is InChI=1S/C8H17NO.C4H11N.H2/c1-8(2)7-9-3-5-10-6-4-9;1-3-5-4-2;/h8H,3-7H2,1-2H3;5H,3-4H2,1-2H3;1H. The molecule has 15 heavy (non-hydrogen) atoms. The molecule has 1 saturated heterocycles. The molecule has 0 aromatic carbocycles. The molecule has 0 saturated carbocycles. The monoisotopic (exact) mass is 218 g/mol. The summed E-state index contributed by atoms with van der Waals surface area (Å²) in [5, 5.41) is 3.11. The molecule has 3 nitrogen and oxygen atoms in total.